The molecule has 1 unspecified atom stereocenters. The molecular weight excluding hydrogens is 252 g/mol. The van der Waals surface area contributed by atoms with Gasteiger partial charge in [0, 0.05) is 38.8 Å². The zero-order chi connectivity index (χ0) is 13.1. The van der Waals surface area contributed by atoms with E-state index in [1.807, 2.05) is 7.05 Å². The summed E-state index contributed by atoms with van der Waals surface area (Å²) in [5, 5.41) is 5.17. The summed E-state index contributed by atoms with van der Waals surface area (Å²) in [5.74, 6) is 0. The van der Waals surface area contributed by atoms with E-state index in [0.29, 0.717) is 6.54 Å². The van der Waals surface area contributed by atoms with Gasteiger partial charge in [-0.25, -0.2) is 0 Å². The highest BCUT2D eigenvalue weighted by atomic mass is 35.5. The summed E-state index contributed by atoms with van der Waals surface area (Å²) in [6, 6.07) is 0. The maximum absolute atomic E-state index is 6.30. The minimum Gasteiger partial charge on any atom is -0.374 e. The normalized spacial score (nSPS) is 21.4. The van der Waals surface area contributed by atoms with Gasteiger partial charge in [0.2, 0.25) is 0 Å². The van der Waals surface area contributed by atoms with Gasteiger partial charge in [-0.3, -0.25) is 9.58 Å². The molecule has 0 aliphatic carbocycles. The molecule has 0 aromatic carbocycles. The fraction of sp³-hybridized carbons (Fsp3) is 0.750. The summed E-state index contributed by atoms with van der Waals surface area (Å²) in [6.45, 7) is 6.02. The maximum atomic E-state index is 6.30. The summed E-state index contributed by atoms with van der Waals surface area (Å²) in [5.41, 5.74) is 7.87. The maximum Gasteiger partial charge on any atom is 0.131 e. The van der Waals surface area contributed by atoms with E-state index >= 15 is 0 Å². The van der Waals surface area contributed by atoms with E-state index in [9.17, 15) is 0 Å². The fourth-order valence-corrected chi connectivity index (χ4v) is 2.54. The lowest BCUT2D eigenvalue weighted by atomic mass is 10.1. The van der Waals surface area contributed by atoms with Crippen LogP contribution in [0.15, 0.2) is 0 Å². The lowest BCUT2D eigenvalue weighted by molar-refractivity contribution is -0.0261. The summed E-state index contributed by atoms with van der Waals surface area (Å²) in [7, 11) is 1.88. The monoisotopic (exact) mass is 272 g/mol. The van der Waals surface area contributed by atoms with Gasteiger partial charge in [-0.05, 0) is 6.42 Å². The summed E-state index contributed by atoms with van der Waals surface area (Å²) < 4.78 is 7.31. The molecule has 1 aromatic rings. The Morgan fingerprint density at radius 3 is 3.00 bits per heavy atom. The first-order chi connectivity index (χ1) is 8.65. The van der Waals surface area contributed by atoms with Gasteiger partial charge in [-0.1, -0.05) is 18.5 Å². The van der Waals surface area contributed by atoms with Crippen molar-refractivity contribution in [2.75, 3.05) is 26.2 Å². The molecule has 2 N–H and O–H groups in total. The number of halogens is 1. The molecule has 6 heteroatoms. The zero-order valence-electron chi connectivity index (χ0n) is 11.0. The lowest BCUT2D eigenvalue weighted by Crippen LogP contribution is -2.45. The van der Waals surface area contributed by atoms with Gasteiger partial charge in [0.05, 0.1) is 18.4 Å². The van der Waals surface area contributed by atoms with Gasteiger partial charge in [0.1, 0.15) is 5.15 Å². The van der Waals surface area contributed by atoms with Crippen molar-refractivity contribution in [1.82, 2.24) is 14.7 Å². The van der Waals surface area contributed by atoms with Crippen LogP contribution in [-0.2, 0) is 24.8 Å². The van der Waals surface area contributed by atoms with Crippen molar-refractivity contribution in [3.8, 4) is 0 Å². The second-order valence-electron chi connectivity index (χ2n) is 4.66. The van der Waals surface area contributed by atoms with E-state index < -0.39 is 0 Å². The highest BCUT2D eigenvalue weighted by Crippen LogP contribution is 2.22. The molecule has 0 spiro atoms. The number of aryl methyl sites for hydroxylation is 2. The number of rotatable bonds is 4. The molecule has 1 aromatic heterocycles. The standard InChI is InChI=1S/C12H21ClN4O/c1-3-11-10(12(13)16(2)15-11)8-17-4-5-18-9(6-14)7-17/h9H,3-8,14H2,1-2H3. The molecule has 2 rings (SSSR count). The number of nitrogens with zero attached hydrogens (tertiary/aromatic N) is 3. The Bertz CT molecular complexity index is 407. The van der Waals surface area contributed by atoms with Gasteiger partial charge in [-0.15, -0.1) is 0 Å². The number of aromatic nitrogens is 2. The van der Waals surface area contributed by atoms with Crippen LogP contribution in [0.1, 0.15) is 18.2 Å². The fourth-order valence-electron chi connectivity index (χ4n) is 2.33. The van der Waals surface area contributed by atoms with Crippen LogP contribution in [0.2, 0.25) is 5.15 Å². The second-order valence-corrected chi connectivity index (χ2v) is 5.01. The molecule has 102 valence electrons. The van der Waals surface area contributed by atoms with Crippen LogP contribution in [0, 0.1) is 0 Å². The Labute approximate surface area is 113 Å². The molecule has 2 heterocycles. The van der Waals surface area contributed by atoms with Crippen LogP contribution >= 0.6 is 11.6 Å². The van der Waals surface area contributed by atoms with Crippen molar-refractivity contribution in [2.24, 2.45) is 12.8 Å². The number of nitrogens with two attached hydrogens (primary N) is 1. The molecule has 1 saturated heterocycles. The van der Waals surface area contributed by atoms with E-state index in [-0.39, 0.29) is 6.10 Å². The molecule has 0 radical (unpaired) electrons. The summed E-state index contributed by atoms with van der Waals surface area (Å²) >= 11 is 6.30. The van der Waals surface area contributed by atoms with E-state index in [4.69, 9.17) is 22.1 Å². The summed E-state index contributed by atoms with van der Waals surface area (Å²) in [4.78, 5) is 2.34. The highest BCUT2D eigenvalue weighted by molar-refractivity contribution is 6.30. The minimum absolute atomic E-state index is 0.138. The molecule has 1 aliphatic heterocycles. The first-order valence-electron chi connectivity index (χ1n) is 6.40. The Balaban J connectivity index is 2.08. The largest absolute Gasteiger partial charge is 0.374 e. The van der Waals surface area contributed by atoms with Crippen molar-refractivity contribution in [3.05, 3.63) is 16.4 Å². The van der Waals surface area contributed by atoms with Crippen LogP contribution in [-0.4, -0.2) is 47.0 Å². The van der Waals surface area contributed by atoms with Crippen molar-refractivity contribution < 1.29 is 4.74 Å². The van der Waals surface area contributed by atoms with E-state index in [1.165, 1.54) is 0 Å². The molecule has 0 saturated carbocycles. The quantitative estimate of drug-likeness (QED) is 0.881. The van der Waals surface area contributed by atoms with Gasteiger partial charge in [0.15, 0.2) is 0 Å². The molecule has 1 fully saturated rings. The third kappa shape index (κ3) is 2.85. The van der Waals surface area contributed by atoms with Crippen molar-refractivity contribution in [2.45, 2.75) is 26.0 Å². The van der Waals surface area contributed by atoms with Crippen LogP contribution in [0.3, 0.4) is 0 Å². The Morgan fingerprint density at radius 2 is 2.33 bits per heavy atom. The van der Waals surface area contributed by atoms with Gasteiger partial charge in [-0.2, -0.15) is 5.10 Å². The van der Waals surface area contributed by atoms with Crippen LogP contribution in [0.5, 0.6) is 0 Å². The molecular formula is C12H21ClN4O. The van der Waals surface area contributed by atoms with Crippen LogP contribution in [0.4, 0.5) is 0 Å². The SMILES string of the molecule is CCc1nn(C)c(Cl)c1CN1CCOC(CN)C1. The first kappa shape index (κ1) is 13.8. The Morgan fingerprint density at radius 1 is 1.56 bits per heavy atom. The second kappa shape index (κ2) is 6.02. The van der Waals surface area contributed by atoms with E-state index in [1.54, 1.807) is 4.68 Å². The Hall–Kier alpha value is -0.620. The van der Waals surface area contributed by atoms with Gasteiger partial charge in [0.25, 0.3) is 0 Å². The number of hydrogen-bond acceptors (Lipinski definition) is 4. The average Bonchev–Trinajstić information content (AvgIpc) is 2.67. The topological polar surface area (TPSA) is 56.3 Å². The number of hydrogen-bond donors (Lipinski definition) is 1. The van der Waals surface area contributed by atoms with E-state index in [2.05, 4.69) is 16.9 Å². The van der Waals surface area contributed by atoms with E-state index in [0.717, 1.165) is 49.1 Å². The van der Waals surface area contributed by atoms with Crippen LogP contribution in [0.25, 0.3) is 0 Å². The summed E-state index contributed by atoms with van der Waals surface area (Å²) in [6.07, 6.45) is 1.04. The smallest absolute Gasteiger partial charge is 0.131 e. The predicted molar refractivity (Wildman–Crippen MR) is 71.7 cm³/mol. The highest BCUT2D eigenvalue weighted by Gasteiger charge is 2.22. The van der Waals surface area contributed by atoms with Gasteiger partial charge < -0.3 is 10.5 Å². The van der Waals surface area contributed by atoms with Crippen molar-refractivity contribution in [3.63, 3.8) is 0 Å². The first-order valence-corrected chi connectivity index (χ1v) is 6.77. The lowest BCUT2D eigenvalue weighted by Gasteiger charge is -2.32. The zero-order valence-corrected chi connectivity index (χ0v) is 11.8. The van der Waals surface area contributed by atoms with Gasteiger partial charge >= 0.3 is 0 Å². The number of ether oxygens (including phenoxy) is 1. The number of morpholine rings is 1. The molecule has 1 aliphatic rings. The molecule has 0 bridgehead atoms. The average molecular weight is 273 g/mol. The van der Waals surface area contributed by atoms with Crippen molar-refractivity contribution in [1.29, 1.82) is 0 Å². The molecule has 5 nitrogen and oxygen atoms in total. The molecule has 1 atom stereocenters. The predicted octanol–water partition coefficient (Wildman–Crippen LogP) is 0.795. The third-order valence-corrected chi connectivity index (χ3v) is 3.83. The molecule has 0 amide bonds. The minimum atomic E-state index is 0.138. The van der Waals surface area contributed by atoms with Crippen molar-refractivity contribution >= 4 is 11.6 Å². The molecule has 18 heavy (non-hydrogen) atoms. The third-order valence-electron chi connectivity index (χ3n) is 3.35. The Kier molecular flexibility index (Phi) is 4.61. The van der Waals surface area contributed by atoms with Crippen LogP contribution < -0.4 is 5.73 Å².